The molecule has 0 saturated carbocycles. The highest BCUT2D eigenvalue weighted by atomic mass is 35.5. The fraction of sp³-hybridized carbons (Fsp3) is 0.174. The van der Waals surface area contributed by atoms with Crippen LogP contribution in [-0.2, 0) is 6.54 Å². The maximum absolute atomic E-state index is 14.1. The van der Waals surface area contributed by atoms with Crippen LogP contribution in [0.2, 0.25) is 5.02 Å². The smallest absolute Gasteiger partial charge is 0.143 e. The lowest BCUT2D eigenvalue weighted by atomic mass is 10.0. The number of rotatable bonds is 5. The lowest BCUT2D eigenvalue weighted by molar-refractivity contribution is 0.284. The molecule has 0 fully saturated rings. The molecule has 3 heterocycles. The number of nitriles is 1. The fourth-order valence-corrected chi connectivity index (χ4v) is 3.69. The van der Waals surface area contributed by atoms with E-state index in [1.54, 1.807) is 18.3 Å². The Morgan fingerprint density at radius 3 is 2.90 bits per heavy atom. The minimum Gasteiger partial charge on any atom is -0.369 e. The third-order valence-electron chi connectivity index (χ3n) is 5.07. The van der Waals surface area contributed by atoms with Crippen molar-refractivity contribution < 1.29 is 4.39 Å². The number of hydrogen-bond donors (Lipinski definition) is 0. The second kappa shape index (κ2) is 8.52. The van der Waals surface area contributed by atoms with Crippen molar-refractivity contribution in [2.45, 2.75) is 19.5 Å². The zero-order valence-electron chi connectivity index (χ0n) is 16.3. The number of halogens is 2. The van der Waals surface area contributed by atoms with Crippen LogP contribution in [0.25, 0.3) is 16.8 Å². The summed E-state index contributed by atoms with van der Waals surface area (Å²) >= 11 is 6.02. The van der Waals surface area contributed by atoms with E-state index in [0.717, 1.165) is 12.1 Å². The minimum atomic E-state index is -0.643. The molecular formula is C23H19ClFN5. The number of benzene rings is 1. The highest BCUT2D eigenvalue weighted by Crippen LogP contribution is 2.27. The van der Waals surface area contributed by atoms with Gasteiger partial charge in [-0.3, -0.25) is 9.67 Å². The molecule has 0 N–H and O–H groups in total. The van der Waals surface area contributed by atoms with Crippen LogP contribution >= 0.6 is 11.6 Å². The third-order valence-corrected chi connectivity index (χ3v) is 5.37. The summed E-state index contributed by atoms with van der Waals surface area (Å²) < 4.78 is 15.9. The summed E-state index contributed by atoms with van der Waals surface area (Å²) in [6.45, 7) is 3.58. The molecule has 1 atom stereocenters. The van der Waals surface area contributed by atoms with Crippen molar-refractivity contribution in [1.29, 1.82) is 5.26 Å². The van der Waals surface area contributed by atoms with Gasteiger partial charge in [-0.25, -0.2) is 4.39 Å². The summed E-state index contributed by atoms with van der Waals surface area (Å²) in [5, 5.41) is 13.6. The lowest BCUT2D eigenvalue weighted by Gasteiger charge is -2.30. The molecule has 7 heteroatoms. The summed E-state index contributed by atoms with van der Waals surface area (Å²) in [5.41, 5.74) is 3.32. The van der Waals surface area contributed by atoms with Gasteiger partial charge in [-0.1, -0.05) is 23.7 Å². The Bertz CT molecular complexity index is 1140. The topological polar surface area (TPSA) is 57.7 Å². The first-order chi connectivity index (χ1) is 14.5. The van der Waals surface area contributed by atoms with Crippen molar-refractivity contribution >= 4 is 17.2 Å². The van der Waals surface area contributed by atoms with Gasteiger partial charge in [0.15, 0.2) is 0 Å². The second-order valence-electron chi connectivity index (χ2n) is 7.15. The summed E-state index contributed by atoms with van der Waals surface area (Å²) in [6.07, 6.45) is 11.7. The largest absolute Gasteiger partial charge is 0.369 e. The molecule has 1 aliphatic rings. The third kappa shape index (κ3) is 4.12. The first-order valence-corrected chi connectivity index (χ1v) is 9.89. The summed E-state index contributed by atoms with van der Waals surface area (Å²) in [7, 11) is 0. The highest BCUT2D eigenvalue weighted by molar-refractivity contribution is 6.32. The summed E-state index contributed by atoms with van der Waals surface area (Å²) in [4.78, 5) is 6.45. The minimum absolute atomic E-state index is 0.0867. The van der Waals surface area contributed by atoms with E-state index in [4.69, 9.17) is 16.9 Å². The molecule has 5 nitrogen and oxygen atoms in total. The molecule has 3 aromatic rings. The van der Waals surface area contributed by atoms with Gasteiger partial charge < -0.3 is 4.90 Å². The molecule has 2 aromatic heterocycles. The lowest BCUT2D eigenvalue weighted by Crippen LogP contribution is -2.34. The summed E-state index contributed by atoms with van der Waals surface area (Å²) in [5.74, 6) is -0.643. The van der Waals surface area contributed by atoms with Gasteiger partial charge in [0.05, 0.1) is 17.3 Å². The SMILES string of the molecule is C[C@@H](Cn1ccc(-c2cc(F)c(C#N)c(Cl)c2)n1)N1C=CC=C(c2cccnc2)C1. The molecule has 0 aliphatic carbocycles. The van der Waals surface area contributed by atoms with Crippen LogP contribution in [0, 0.1) is 17.1 Å². The van der Waals surface area contributed by atoms with E-state index in [2.05, 4.69) is 40.2 Å². The van der Waals surface area contributed by atoms with Crippen LogP contribution in [0.3, 0.4) is 0 Å². The monoisotopic (exact) mass is 419 g/mol. The van der Waals surface area contributed by atoms with Gasteiger partial charge in [0.25, 0.3) is 0 Å². The van der Waals surface area contributed by atoms with Crippen LogP contribution in [0.15, 0.2) is 67.3 Å². The number of nitrogens with zero attached hydrogens (tertiary/aromatic N) is 5. The normalized spacial score (nSPS) is 14.3. The van der Waals surface area contributed by atoms with Crippen LogP contribution < -0.4 is 0 Å². The predicted molar refractivity (Wildman–Crippen MR) is 115 cm³/mol. The highest BCUT2D eigenvalue weighted by Gasteiger charge is 2.17. The number of pyridine rings is 1. The van der Waals surface area contributed by atoms with Crippen molar-refractivity contribution in [3.05, 3.63) is 89.2 Å². The van der Waals surface area contributed by atoms with E-state index in [9.17, 15) is 4.39 Å². The average Bonchev–Trinajstić information content (AvgIpc) is 3.23. The van der Waals surface area contributed by atoms with Gasteiger partial charge in [0.1, 0.15) is 17.4 Å². The molecular weight excluding hydrogens is 401 g/mol. The Balaban J connectivity index is 1.46. The van der Waals surface area contributed by atoms with Gasteiger partial charge in [-0.15, -0.1) is 0 Å². The van der Waals surface area contributed by atoms with Gasteiger partial charge in [0, 0.05) is 36.7 Å². The van der Waals surface area contributed by atoms with Gasteiger partial charge >= 0.3 is 0 Å². The Morgan fingerprint density at radius 2 is 2.17 bits per heavy atom. The van der Waals surface area contributed by atoms with E-state index in [0.29, 0.717) is 17.8 Å². The molecule has 4 rings (SSSR count). The summed E-state index contributed by atoms with van der Waals surface area (Å²) in [6, 6.07) is 10.6. The van der Waals surface area contributed by atoms with E-state index < -0.39 is 5.82 Å². The van der Waals surface area contributed by atoms with Crippen LogP contribution in [0.5, 0.6) is 0 Å². The van der Waals surface area contributed by atoms with Gasteiger partial charge in [0.2, 0.25) is 0 Å². The Kier molecular flexibility index (Phi) is 5.64. The molecule has 0 unspecified atom stereocenters. The molecule has 150 valence electrons. The number of hydrogen-bond acceptors (Lipinski definition) is 4. The second-order valence-corrected chi connectivity index (χ2v) is 7.55. The first kappa shape index (κ1) is 19.9. The van der Waals surface area contributed by atoms with Crippen molar-refractivity contribution in [3.8, 4) is 17.3 Å². The van der Waals surface area contributed by atoms with Crippen molar-refractivity contribution in [2.75, 3.05) is 6.54 Å². The molecule has 0 bridgehead atoms. The van der Waals surface area contributed by atoms with Crippen molar-refractivity contribution in [1.82, 2.24) is 19.7 Å². The number of allylic oxidation sites excluding steroid dienone is 2. The van der Waals surface area contributed by atoms with E-state index in [1.807, 2.05) is 35.3 Å². The zero-order chi connectivity index (χ0) is 21.1. The average molecular weight is 420 g/mol. The van der Waals surface area contributed by atoms with Crippen LogP contribution in [0.1, 0.15) is 18.1 Å². The molecule has 0 saturated heterocycles. The van der Waals surface area contributed by atoms with E-state index in [-0.39, 0.29) is 16.6 Å². The maximum atomic E-state index is 14.1. The molecule has 1 aliphatic heterocycles. The van der Waals surface area contributed by atoms with Crippen LogP contribution in [0.4, 0.5) is 4.39 Å². The van der Waals surface area contributed by atoms with Crippen molar-refractivity contribution in [3.63, 3.8) is 0 Å². The van der Waals surface area contributed by atoms with Crippen molar-refractivity contribution in [2.24, 2.45) is 0 Å². The molecule has 0 radical (unpaired) electrons. The maximum Gasteiger partial charge on any atom is 0.143 e. The Hall–Kier alpha value is -3.43. The predicted octanol–water partition coefficient (Wildman–Crippen LogP) is 4.91. The Labute approximate surface area is 179 Å². The zero-order valence-corrected chi connectivity index (χ0v) is 17.1. The molecule has 30 heavy (non-hydrogen) atoms. The molecule has 1 aromatic carbocycles. The van der Waals surface area contributed by atoms with E-state index in [1.165, 1.54) is 11.6 Å². The molecule has 0 spiro atoms. The Morgan fingerprint density at radius 1 is 1.30 bits per heavy atom. The number of aromatic nitrogens is 3. The quantitative estimate of drug-likeness (QED) is 0.589. The fourth-order valence-electron chi connectivity index (χ4n) is 3.44. The van der Waals surface area contributed by atoms with Gasteiger partial charge in [-0.2, -0.15) is 10.4 Å². The van der Waals surface area contributed by atoms with Crippen LogP contribution in [-0.4, -0.2) is 32.3 Å². The first-order valence-electron chi connectivity index (χ1n) is 9.51. The van der Waals surface area contributed by atoms with E-state index >= 15 is 0 Å². The standard InChI is InChI=1S/C23H19ClFN5/c1-16(29-8-3-5-18(15-29)17-4-2-7-27-13-17)14-30-9-6-23(28-30)19-10-21(24)20(12-26)22(25)11-19/h2-11,13,16H,14-15H2,1H3/t16-/m0/s1. The van der Waals surface area contributed by atoms with Gasteiger partial charge in [-0.05, 0) is 54.6 Å². The molecule has 0 amide bonds.